The molecule has 1 atom stereocenters. The van der Waals surface area contributed by atoms with Gasteiger partial charge in [-0.1, -0.05) is 6.92 Å². The summed E-state index contributed by atoms with van der Waals surface area (Å²) in [6, 6.07) is 3.52. The fourth-order valence-electron chi connectivity index (χ4n) is 1.37. The van der Waals surface area contributed by atoms with E-state index in [0.29, 0.717) is 12.1 Å². The summed E-state index contributed by atoms with van der Waals surface area (Å²) in [6.07, 6.45) is 2.16. The summed E-state index contributed by atoms with van der Waals surface area (Å²) in [4.78, 5) is 11.0. The third kappa shape index (κ3) is 1.45. The minimum atomic E-state index is -1.27. The number of aromatic nitrogens is 1. The lowest BCUT2D eigenvalue weighted by atomic mass is 9.93. The first kappa shape index (κ1) is 9.80. The van der Waals surface area contributed by atoms with Crippen molar-refractivity contribution in [3.8, 4) is 0 Å². The lowest BCUT2D eigenvalue weighted by Crippen LogP contribution is -2.45. The molecule has 0 saturated carbocycles. The van der Waals surface area contributed by atoms with Crippen LogP contribution in [-0.4, -0.2) is 15.6 Å². The Kier molecular flexibility index (Phi) is 2.43. The minimum absolute atomic E-state index is 0.375. The maximum absolute atomic E-state index is 11.0. The Labute approximate surface area is 77.0 Å². The Balaban J connectivity index is 3.17. The van der Waals surface area contributed by atoms with Gasteiger partial charge in [-0.3, -0.25) is 0 Å². The molecular weight excluding hydrogens is 168 g/mol. The predicted molar refractivity (Wildman–Crippen MR) is 49.2 cm³/mol. The van der Waals surface area contributed by atoms with Crippen molar-refractivity contribution < 1.29 is 9.90 Å². The van der Waals surface area contributed by atoms with Crippen LogP contribution in [0.4, 0.5) is 0 Å². The standard InChI is InChI=1S/C9H14N2O2/c1-3-9(10,8(12)13)7-5-4-6-11(7)2/h4-6H,3,10H2,1-2H3,(H,12,13). The number of aryl methyl sites for hydroxylation is 1. The van der Waals surface area contributed by atoms with E-state index in [4.69, 9.17) is 10.8 Å². The number of hydrogen-bond acceptors (Lipinski definition) is 2. The van der Waals surface area contributed by atoms with Crippen LogP contribution in [0, 0.1) is 0 Å². The first-order valence-corrected chi connectivity index (χ1v) is 4.16. The quantitative estimate of drug-likeness (QED) is 0.722. The normalized spacial score (nSPS) is 15.3. The maximum atomic E-state index is 11.0. The highest BCUT2D eigenvalue weighted by molar-refractivity contribution is 5.79. The fourth-order valence-corrected chi connectivity index (χ4v) is 1.37. The van der Waals surface area contributed by atoms with Crippen molar-refractivity contribution in [3.63, 3.8) is 0 Å². The van der Waals surface area contributed by atoms with E-state index in [-0.39, 0.29) is 0 Å². The minimum Gasteiger partial charge on any atom is -0.480 e. The van der Waals surface area contributed by atoms with Crippen molar-refractivity contribution in [2.75, 3.05) is 0 Å². The molecule has 0 amide bonds. The molecule has 0 fully saturated rings. The second-order valence-corrected chi connectivity index (χ2v) is 3.13. The molecule has 3 N–H and O–H groups in total. The van der Waals surface area contributed by atoms with Crippen LogP contribution in [0.1, 0.15) is 19.0 Å². The van der Waals surface area contributed by atoms with E-state index in [1.54, 1.807) is 36.9 Å². The van der Waals surface area contributed by atoms with Crippen LogP contribution in [0.15, 0.2) is 18.3 Å². The SMILES string of the molecule is CCC(N)(C(=O)O)c1cccn1C. The van der Waals surface area contributed by atoms with E-state index >= 15 is 0 Å². The second-order valence-electron chi connectivity index (χ2n) is 3.13. The van der Waals surface area contributed by atoms with Gasteiger partial charge in [0.25, 0.3) is 0 Å². The Bertz CT molecular complexity index is 319. The number of carboxylic acid groups (broad SMARTS) is 1. The molecule has 13 heavy (non-hydrogen) atoms. The molecule has 4 heteroatoms. The summed E-state index contributed by atoms with van der Waals surface area (Å²) < 4.78 is 1.73. The zero-order valence-electron chi connectivity index (χ0n) is 7.82. The molecule has 1 rings (SSSR count). The number of hydrogen-bond donors (Lipinski definition) is 2. The van der Waals surface area contributed by atoms with Crippen LogP contribution in [0.3, 0.4) is 0 Å². The molecule has 4 nitrogen and oxygen atoms in total. The summed E-state index contributed by atoms with van der Waals surface area (Å²) >= 11 is 0. The van der Waals surface area contributed by atoms with E-state index in [1.807, 2.05) is 0 Å². The third-order valence-electron chi connectivity index (χ3n) is 2.34. The highest BCUT2D eigenvalue weighted by Crippen LogP contribution is 2.22. The Morgan fingerprint density at radius 2 is 2.38 bits per heavy atom. The molecule has 0 spiro atoms. The van der Waals surface area contributed by atoms with Crippen LogP contribution in [0.25, 0.3) is 0 Å². The topological polar surface area (TPSA) is 68.2 Å². The van der Waals surface area contributed by atoms with Crippen LogP contribution in [-0.2, 0) is 17.4 Å². The average molecular weight is 182 g/mol. The Morgan fingerprint density at radius 1 is 1.77 bits per heavy atom. The van der Waals surface area contributed by atoms with Crippen molar-refractivity contribution in [1.82, 2.24) is 4.57 Å². The number of nitrogens with two attached hydrogens (primary N) is 1. The second kappa shape index (κ2) is 3.22. The zero-order chi connectivity index (χ0) is 10.1. The summed E-state index contributed by atoms with van der Waals surface area (Å²) in [5, 5.41) is 8.99. The fraction of sp³-hybridized carbons (Fsp3) is 0.444. The van der Waals surface area contributed by atoms with Crippen molar-refractivity contribution in [3.05, 3.63) is 24.0 Å². The van der Waals surface area contributed by atoms with Gasteiger partial charge in [0.1, 0.15) is 0 Å². The summed E-state index contributed by atoms with van der Waals surface area (Å²) in [7, 11) is 1.79. The lowest BCUT2D eigenvalue weighted by molar-refractivity contribution is -0.144. The molecule has 1 aromatic rings. The summed E-state index contributed by atoms with van der Waals surface area (Å²) in [5.41, 5.74) is 5.15. The van der Waals surface area contributed by atoms with Crippen molar-refractivity contribution in [2.24, 2.45) is 12.8 Å². The molecule has 0 aromatic carbocycles. The smallest absolute Gasteiger partial charge is 0.329 e. The predicted octanol–water partition coefficient (Wildman–Crippen LogP) is 0.674. The van der Waals surface area contributed by atoms with Gasteiger partial charge in [0.15, 0.2) is 5.54 Å². The van der Waals surface area contributed by atoms with Crippen LogP contribution in [0.2, 0.25) is 0 Å². The van der Waals surface area contributed by atoms with Gasteiger partial charge in [0.2, 0.25) is 0 Å². The molecule has 0 aliphatic carbocycles. The highest BCUT2D eigenvalue weighted by atomic mass is 16.4. The van der Waals surface area contributed by atoms with Crippen LogP contribution >= 0.6 is 0 Å². The number of carbonyl (C=O) groups is 1. The van der Waals surface area contributed by atoms with Gasteiger partial charge in [-0.2, -0.15) is 0 Å². The van der Waals surface area contributed by atoms with E-state index in [2.05, 4.69) is 0 Å². The van der Waals surface area contributed by atoms with Crippen LogP contribution < -0.4 is 5.73 Å². The number of rotatable bonds is 3. The van der Waals surface area contributed by atoms with Gasteiger partial charge >= 0.3 is 5.97 Å². The van der Waals surface area contributed by atoms with Crippen LogP contribution in [0.5, 0.6) is 0 Å². The molecule has 72 valence electrons. The monoisotopic (exact) mass is 182 g/mol. The summed E-state index contributed by atoms with van der Waals surface area (Å²) in [6.45, 7) is 1.76. The molecule has 1 heterocycles. The Hall–Kier alpha value is -1.29. The van der Waals surface area contributed by atoms with Gasteiger partial charge in [0, 0.05) is 18.9 Å². The average Bonchev–Trinajstić information content (AvgIpc) is 2.50. The van der Waals surface area contributed by atoms with Gasteiger partial charge in [-0.15, -0.1) is 0 Å². The largest absolute Gasteiger partial charge is 0.480 e. The molecule has 0 bridgehead atoms. The maximum Gasteiger partial charge on any atom is 0.329 e. The molecular formula is C9H14N2O2. The van der Waals surface area contributed by atoms with Crippen molar-refractivity contribution in [2.45, 2.75) is 18.9 Å². The summed E-state index contributed by atoms with van der Waals surface area (Å²) in [5.74, 6) is -0.989. The number of carboxylic acids is 1. The van der Waals surface area contributed by atoms with E-state index in [1.165, 1.54) is 0 Å². The first-order valence-electron chi connectivity index (χ1n) is 4.16. The van der Waals surface area contributed by atoms with E-state index in [9.17, 15) is 4.79 Å². The van der Waals surface area contributed by atoms with Crippen molar-refractivity contribution in [1.29, 1.82) is 0 Å². The number of nitrogens with zero attached hydrogens (tertiary/aromatic N) is 1. The van der Waals surface area contributed by atoms with Gasteiger partial charge in [-0.25, -0.2) is 4.79 Å². The highest BCUT2D eigenvalue weighted by Gasteiger charge is 2.35. The van der Waals surface area contributed by atoms with Gasteiger partial charge in [0.05, 0.1) is 0 Å². The van der Waals surface area contributed by atoms with Gasteiger partial charge in [-0.05, 0) is 18.6 Å². The molecule has 0 saturated heterocycles. The lowest BCUT2D eigenvalue weighted by Gasteiger charge is -2.23. The van der Waals surface area contributed by atoms with E-state index in [0.717, 1.165) is 0 Å². The zero-order valence-corrected chi connectivity index (χ0v) is 7.82. The molecule has 0 radical (unpaired) electrons. The number of aliphatic carboxylic acids is 1. The molecule has 0 aliphatic heterocycles. The first-order chi connectivity index (χ1) is 6.02. The molecule has 1 aromatic heterocycles. The molecule has 0 aliphatic rings. The molecule has 1 unspecified atom stereocenters. The third-order valence-corrected chi connectivity index (χ3v) is 2.34. The van der Waals surface area contributed by atoms with Crippen molar-refractivity contribution >= 4 is 5.97 Å². The van der Waals surface area contributed by atoms with E-state index < -0.39 is 11.5 Å². The Morgan fingerprint density at radius 3 is 2.69 bits per heavy atom. The van der Waals surface area contributed by atoms with Gasteiger partial charge < -0.3 is 15.4 Å².